The van der Waals surface area contributed by atoms with Crippen LogP contribution in [0.25, 0.3) is 64.0 Å². The molecule has 0 atom stereocenters. The monoisotopic (exact) mass is 737 g/mol. The molecular formula is C54H43NS. The van der Waals surface area contributed by atoms with E-state index in [9.17, 15) is 0 Å². The molecule has 4 aliphatic carbocycles. The fraction of sp³-hybridized carbons (Fsp3) is 0.185. The van der Waals surface area contributed by atoms with Crippen LogP contribution in [0.3, 0.4) is 0 Å². The first-order valence-corrected chi connectivity index (χ1v) is 21.4. The van der Waals surface area contributed by atoms with Crippen LogP contribution < -0.4 is 4.90 Å². The van der Waals surface area contributed by atoms with E-state index in [1.165, 1.54) is 120 Å². The van der Waals surface area contributed by atoms with Gasteiger partial charge in [-0.05, 0) is 142 Å². The highest BCUT2D eigenvalue weighted by atomic mass is 32.1. The highest BCUT2D eigenvalue weighted by Gasteiger charge is 2.51. The second-order valence-electron chi connectivity index (χ2n) is 17.2. The number of hydrogen-bond acceptors (Lipinski definition) is 2. The van der Waals surface area contributed by atoms with E-state index in [0.717, 1.165) is 17.8 Å². The predicted molar refractivity (Wildman–Crippen MR) is 240 cm³/mol. The molecule has 4 bridgehead atoms. The summed E-state index contributed by atoms with van der Waals surface area (Å²) in [6, 6.07) is 64.0. The Labute approximate surface area is 332 Å². The van der Waals surface area contributed by atoms with Gasteiger partial charge in [0.1, 0.15) is 0 Å². The summed E-state index contributed by atoms with van der Waals surface area (Å²) in [6.45, 7) is 0. The third-order valence-electron chi connectivity index (χ3n) is 13.8. The van der Waals surface area contributed by atoms with Gasteiger partial charge in [0.25, 0.3) is 0 Å². The van der Waals surface area contributed by atoms with Crippen LogP contribution in [0.1, 0.15) is 44.1 Å². The van der Waals surface area contributed by atoms with E-state index in [1.54, 1.807) is 5.56 Å². The highest BCUT2D eigenvalue weighted by Crippen LogP contribution is 2.61. The number of thiophene rings is 1. The summed E-state index contributed by atoms with van der Waals surface area (Å²) in [4.78, 5) is 2.51. The van der Waals surface area contributed by atoms with Crippen molar-refractivity contribution in [2.45, 2.75) is 43.9 Å². The van der Waals surface area contributed by atoms with Crippen LogP contribution in [0.4, 0.5) is 17.1 Å². The first kappa shape index (κ1) is 32.5. The number of benzene rings is 8. The van der Waals surface area contributed by atoms with Gasteiger partial charge in [0.05, 0.1) is 5.69 Å². The maximum atomic E-state index is 2.56. The average molecular weight is 738 g/mol. The van der Waals surface area contributed by atoms with Gasteiger partial charge >= 0.3 is 0 Å². The zero-order valence-electron chi connectivity index (χ0n) is 31.5. The number of nitrogens with zero attached hydrogens (tertiary/aromatic N) is 1. The van der Waals surface area contributed by atoms with Crippen molar-refractivity contribution in [3.8, 4) is 22.3 Å². The predicted octanol–water partition coefficient (Wildman–Crippen LogP) is 15.6. The molecular weight excluding hydrogens is 695 g/mol. The van der Waals surface area contributed by atoms with Gasteiger partial charge in [-0.1, -0.05) is 133 Å². The summed E-state index contributed by atoms with van der Waals surface area (Å²) in [5.41, 5.74) is 10.5. The number of rotatable bonds is 6. The third-order valence-corrected chi connectivity index (χ3v) is 14.9. The first-order chi connectivity index (χ1) is 27.7. The Kier molecular flexibility index (Phi) is 7.36. The molecule has 0 saturated heterocycles. The lowest BCUT2D eigenvalue weighted by molar-refractivity contribution is -0.00512. The Bertz CT molecular complexity index is 2930. The summed E-state index contributed by atoms with van der Waals surface area (Å²) in [7, 11) is 0. The van der Waals surface area contributed by atoms with E-state index in [-0.39, 0.29) is 0 Å². The largest absolute Gasteiger partial charge is 0.310 e. The van der Waals surface area contributed by atoms with Crippen LogP contribution in [0.2, 0.25) is 0 Å². The lowest BCUT2D eigenvalue weighted by Crippen LogP contribution is -2.48. The summed E-state index contributed by atoms with van der Waals surface area (Å²) >= 11 is 1.89. The zero-order chi connectivity index (χ0) is 36.8. The fourth-order valence-corrected chi connectivity index (χ4v) is 12.9. The Morgan fingerprint density at radius 1 is 0.446 bits per heavy atom. The van der Waals surface area contributed by atoms with Crippen LogP contribution in [-0.2, 0) is 5.41 Å². The average Bonchev–Trinajstić information content (AvgIpc) is 3.61. The standard InChI is InChI=1S/C54H43NS/c1-2-10-38(11-3-1)45-16-8-12-39-13-9-17-49(53(39)45)46-14-4-6-18-50(46)55(44-24-25-48-47-15-5-7-19-51(47)56-52(48)31-44)43-23-21-40-29-42(22-20-41(40)30-43)54-32-35-26-36(33-54)28-37(27-35)34-54/h1-25,29-31,35-37H,26-28,32-34H2. The van der Waals surface area contributed by atoms with Crippen LogP contribution >= 0.6 is 11.3 Å². The smallest absolute Gasteiger partial charge is 0.0540 e. The van der Waals surface area contributed by atoms with Crippen molar-refractivity contribution in [2.75, 3.05) is 4.90 Å². The zero-order valence-corrected chi connectivity index (χ0v) is 32.3. The van der Waals surface area contributed by atoms with Crippen molar-refractivity contribution in [3.05, 3.63) is 175 Å². The molecule has 1 aromatic heterocycles. The molecule has 2 heteroatoms. The second kappa shape index (κ2) is 12.7. The lowest BCUT2D eigenvalue weighted by Gasteiger charge is -2.57. The van der Waals surface area contributed by atoms with E-state index in [2.05, 4.69) is 175 Å². The number of fused-ring (bicyclic) bond motifs is 5. The van der Waals surface area contributed by atoms with Crippen molar-refractivity contribution in [1.82, 2.24) is 0 Å². The summed E-state index contributed by atoms with van der Waals surface area (Å²) < 4.78 is 2.64. The normalized spacial score (nSPS) is 21.4. The van der Waals surface area contributed by atoms with Gasteiger partial charge in [0, 0.05) is 37.1 Å². The van der Waals surface area contributed by atoms with Crippen molar-refractivity contribution < 1.29 is 0 Å². The Morgan fingerprint density at radius 2 is 1.07 bits per heavy atom. The number of hydrogen-bond donors (Lipinski definition) is 0. The van der Waals surface area contributed by atoms with Gasteiger partial charge in [0.15, 0.2) is 0 Å². The van der Waals surface area contributed by atoms with Gasteiger partial charge in [-0.15, -0.1) is 11.3 Å². The quantitative estimate of drug-likeness (QED) is 0.164. The van der Waals surface area contributed by atoms with E-state index in [1.807, 2.05) is 11.3 Å². The van der Waals surface area contributed by atoms with Gasteiger partial charge in [-0.2, -0.15) is 0 Å². The maximum Gasteiger partial charge on any atom is 0.0540 e. The molecule has 1 nitrogen and oxygen atoms in total. The number of anilines is 3. The molecule has 0 amide bonds. The highest BCUT2D eigenvalue weighted by molar-refractivity contribution is 7.25. The number of para-hydroxylation sites is 1. The van der Waals surface area contributed by atoms with Gasteiger partial charge < -0.3 is 4.90 Å². The molecule has 4 aliphatic rings. The van der Waals surface area contributed by atoms with E-state index >= 15 is 0 Å². The van der Waals surface area contributed by atoms with Crippen LogP contribution in [0.15, 0.2) is 170 Å². The molecule has 13 rings (SSSR count). The molecule has 9 aromatic rings. The Balaban J connectivity index is 1.04. The Hall–Kier alpha value is -5.70. The van der Waals surface area contributed by atoms with Crippen LogP contribution in [-0.4, -0.2) is 0 Å². The molecule has 270 valence electrons. The minimum absolute atomic E-state index is 0.392. The van der Waals surface area contributed by atoms with Crippen LogP contribution in [0.5, 0.6) is 0 Å². The molecule has 4 saturated carbocycles. The van der Waals surface area contributed by atoms with Crippen molar-refractivity contribution >= 4 is 70.1 Å². The lowest BCUT2D eigenvalue weighted by atomic mass is 9.48. The molecule has 4 fully saturated rings. The maximum absolute atomic E-state index is 2.56. The van der Waals surface area contributed by atoms with E-state index in [4.69, 9.17) is 0 Å². The van der Waals surface area contributed by atoms with E-state index < -0.39 is 0 Å². The molecule has 56 heavy (non-hydrogen) atoms. The van der Waals surface area contributed by atoms with Crippen molar-refractivity contribution in [2.24, 2.45) is 17.8 Å². The minimum Gasteiger partial charge on any atom is -0.310 e. The molecule has 0 spiro atoms. The molecule has 1 heterocycles. The van der Waals surface area contributed by atoms with Crippen molar-refractivity contribution in [3.63, 3.8) is 0 Å². The summed E-state index contributed by atoms with van der Waals surface area (Å²) in [6.07, 6.45) is 8.63. The second-order valence-corrected chi connectivity index (χ2v) is 18.2. The summed E-state index contributed by atoms with van der Waals surface area (Å²) in [5, 5.41) is 7.84. The van der Waals surface area contributed by atoms with Crippen molar-refractivity contribution in [1.29, 1.82) is 0 Å². The minimum atomic E-state index is 0.392. The SMILES string of the molecule is c1ccc(-c2cccc3cccc(-c4ccccc4N(c4ccc5cc(C67CC8CC(CC(C8)C6)C7)ccc5c4)c4ccc5c(c4)sc4ccccc45)c23)cc1. The topological polar surface area (TPSA) is 3.24 Å². The summed E-state index contributed by atoms with van der Waals surface area (Å²) in [5.74, 6) is 2.82. The van der Waals surface area contributed by atoms with Gasteiger partial charge in [-0.3, -0.25) is 0 Å². The fourth-order valence-electron chi connectivity index (χ4n) is 11.8. The molecule has 8 aromatic carbocycles. The molecule has 0 radical (unpaired) electrons. The third kappa shape index (κ3) is 5.19. The molecule has 0 aliphatic heterocycles. The first-order valence-electron chi connectivity index (χ1n) is 20.6. The van der Waals surface area contributed by atoms with E-state index in [0.29, 0.717) is 5.41 Å². The Morgan fingerprint density at radius 3 is 1.89 bits per heavy atom. The van der Waals surface area contributed by atoms with Gasteiger partial charge in [0.2, 0.25) is 0 Å². The molecule has 0 unspecified atom stereocenters. The molecule has 0 N–H and O–H groups in total. The van der Waals surface area contributed by atoms with Crippen LogP contribution in [0, 0.1) is 17.8 Å². The van der Waals surface area contributed by atoms with Gasteiger partial charge in [-0.25, -0.2) is 0 Å².